The van der Waals surface area contributed by atoms with Crippen molar-refractivity contribution in [3.63, 3.8) is 0 Å². The van der Waals surface area contributed by atoms with Gasteiger partial charge in [0, 0.05) is 12.8 Å². The predicted octanol–water partition coefficient (Wildman–Crippen LogP) is 5.34. The first-order chi connectivity index (χ1) is 11.1. The summed E-state index contributed by atoms with van der Waals surface area (Å²) in [5.41, 5.74) is 0. The molecule has 4 heteroatoms. The monoisotopic (exact) mass is 328 g/mol. The fraction of sp³-hybridized carbons (Fsp3) is 0.895. The minimum absolute atomic E-state index is 0.104. The Balaban J connectivity index is 3.62. The molecule has 0 aliphatic carbocycles. The Morgan fingerprint density at radius 3 is 1.91 bits per heavy atom. The number of unbranched alkanes of at least 4 members (excludes halogenated alkanes) is 5. The number of hydrogen-bond donors (Lipinski definition) is 1. The summed E-state index contributed by atoms with van der Waals surface area (Å²) in [7, 11) is 0. The van der Waals surface area contributed by atoms with E-state index >= 15 is 0 Å². The van der Waals surface area contributed by atoms with Crippen molar-refractivity contribution >= 4 is 11.9 Å². The zero-order chi connectivity index (χ0) is 17.3. The van der Waals surface area contributed by atoms with Gasteiger partial charge in [-0.25, -0.2) is 0 Å². The van der Waals surface area contributed by atoms with Crippen molar-refractivity contribution in [2.45, 2.75) is 97.3 Å². The summed E-state index contributed by atoms with van der Waals surface area (Å²) in [5.74, 6) is -0.156. The number of hydrogen-bond acceptors (Lipinski definition) is 3. The summed E-state index contributed by atoms with van der Waals surface area (Å²) in [6.45, 7) is 4.98. The van der Waals surface area contributed by atoms with Crippen LogP contribution in [0.2, 0.25) is 0 Å². The fourth-order valence-electron chi connectivity index (χ4n) is 2.73. The molecule has 0 radical (unpaired) electrons. The number of carbonyl (C=O) groups excluding carboxylic acids is 1. The zero-order valence-corrected chi connectivity index (χ0v) is 15.1. The number of carboxylic acid groups (broad SMARTS) is 1. The standard InChI is InChI=1S/C19H36O4/c1-3-5-11-17(12-6-4-2)15-16-23-19(22)14-10-8-7-9-13-18(20)21/h17H,3-16H2,1-2H3,(H,20,21). The minimum Gasteiger partial charge on any atom is -0.481 e. The largest absolute Gasteiger partial charge is 0.481 e. The lowest BCUT2D eigenvalue weighted by Crippen LogP contribution is -2.10. The molecular weight excluding hydrogens is 292 g/mol. The van der Waals surface area contributed by atoms with Crippen LogP contribution in [0.15, 0.2) is 0 Å². The second kappa shape index (κ2) is 15.8. The fourth-order valence-corrected chi connectivity index (χ4v) is 2.73. The molecule has 0 saturated heterocycles. The first-order valence-corrected chi connectivity index (χ1v) is 9.47. The molecule has 0 aromatic heterocycles. The van der Waals surface area contributed by atoms with Crippen molar-refractivity contribution in [2.24, 2.45) is 5.92 Å². The maximum absolute atomic E-state index is 11.7. The van der Waals surface area contributed by atoms with Crippen LogP contribution in [0.5, 0.6) is 0 Å². The summed E-state index contributed by atoms with van der Waals surface area (Å²) < 4.78 is 5.34. The van der Waals surface area contributed by atoms with Crippen molar-refractivity contribution in [2.75, 3.05) is 6.61 Å². The van der Waals surface area contributed by atoms with Gasteiger partial charge in [0.25, 0.3) is 0 Å². The van der Waals surface area contributed by atoms with Gasteiger partial charge in [-0.1, -0.05) is 65.2 Å². The van der Waals surface area contributed by atoms with Gasteiger partial charge >= 0.3 is 11.9 Å². The summed E-state index contributed by atoms with van der Waals surface area (Å²) >= 11 is 0. The second-order valence-electron chi connectivity index (χ2n) is 6.47. The van der Waals surface area contributed by atoms with Crippen LogP contribution in [-0.4, -0.2) is 23.7 Å². The number of carbonyl (C=O) groups is 2. The molecule has 0 aliphatic rings. The molecule has 0 amide bonds. The third-order valence-corrected chi connectivity index (χ3v) is 4.24. The molecule has 0 rings (SSSR count). The Morgan fingerprint density at radius 2 is 1.39 bits per heavy atom. The van der Waals surface area contributed by atoms with E-state index in [0.29, 0.717) is 25.4 Å². The Kier molecular flexibility index (Phi) is 15.1. The van der Waals surface area contributed by atoms with E-state index in [2.05, 4.69) is 13.8 Å². The third-order valence-electron chi connectivity index (χ3n) is 4.24. The molecule has 0 aromatic carbocycles. The van der Waals surface area contributed by atoms with E-state index < -0.39 is 5.97 Å². The third kappa shape index (κ3) is 15.6. The highest BCUT2D eigenvalue weighted by atomic mass is 16.5. The number of ether oxygens (including phenoxy) is 1. The van der Waals surface area contributed by atoms with Gasteiger partial charge in [0.2, 0.25) is 0 Å². The number of aliphatic carboxylic acids is 1. The van der Waals surface area contributed by atoms with Crippen LogP contribution in [0.4, 0.5) is 0 Å². The molecule has 0 spiro atoms. The molecule has 1 N–H and O–H groups in total. The van der Waals surface area contributed by atoms with Crippen LogP contribution in [0.1, 0.15) is 97.3 Å². The lowest BCUT2D eigenvalue weighted by atomic mass is 9.93. The van der Waals surface area contributed by atoms with Crippen molar-refractivity contribution in [3.05, 3.63) is 0 Å². The van der Waals surface area contributed by atoms with Gasteiger partial charge in [-0.3, -0.25) is 9.59 Å². The van der Waals surface area contributed by atoms with Gasteiger partial charge in [-0.2, -0.15) is 0 Å². The van der Waals surface area contributed by atoms with Crippen molar-refractivity contribution in [3.8, 4) is 0 Å². The predicted molar refractivity (Wildman–Crippen MR) is 93.5 cm³/mol. The van der Waals surface area contributed by atoms with E-state index in [1.54, 1.807) is 0 Å². The molecular formula is C19H36O4. The SMILES string of the molecule is CCCCC(CCCC)CCOC(=O)CCCCCCC(=O)O. The van der Waals surface area contributed by atoms with E-state index in [1.807, 2.05) is 0 Å². The minimum atomic E-state index is -0.745. The van der Waals surface area contributed by atoms with Crippen LogP contribution in [0, 0.1) is 5.92 Å². The molecule has 0 unspecified atom stereocenters. The smallest absolute Gasteiger partial charge is 0.305 e. The average Bonchev–Trinajstić information content (AvgIpc) is 2.52. The topological polar surface area (TPSA) is 63.6 Å². The van der Waals surface area contributed by atoms with Gasteiger partial charge in [-0.05, 0) is 25.2 Å². The number of esters is 1. The van der Waals surface area contributed by atoms with Crippen LogP contribution in [0.25, 0.3) is 0 Å². The van der Waals surface area contributed by atoms with E-state index in [9.17, 15) is 9.59 Å². The molecule has 0 saturated carbocycles. The molecule has 136 valence electrons. The Morgan fingerprint density at radius 1 is 0.826 bits per heavy atom. The van der Waals surface area contributed by atoms with E-state index in [-0.39, 0.29) is 12.4 Å². The normalized spacial score (nSPS) is 10.9. The highest BCUT2D eigenvalue weighted by molar-refractivity contribution is 5.69. The number of rotatable bonds is 16. The molecule has 0 fully saturated rings. The number of carboxylic acids is 1. The highest BCUT2D eigenvalue weighted by Crippen LogP contribution is 2.20. The quantitative estimate of drug-likeness (QED) is 0.307. The van der Waals surface area contributed by atoms with E-state index in [1.165, 1.54) is 38.5 Å². The zero-order valence-electron chi connectivity index (χ0n) is 15.1. The molecule has 4 nitrogen and oxygen atoms in total. The van der Waals surface area contributed by atoms with Crippen LogP contribution in [-0.2, 0) is 14.3 Å². The van der Waals surface area contributed by atoms with Crippen LogP contribution >= 0.6 is 0 Å². The summed E-state index contributed by atoms with van der Waals surface area (Å²) in [4.78, 5) is 22.0. The molecule has 0 heterocycles. The lowest BCUT2D eigenvalue weighted by molar-refractivity contribution is -0.144. The lowest BCUT2D eigenvalue weighted by Gasteiger charge is -2.16. The summed E-state index contributed by atoms with van der Waals surface area (Å²) in [6.07, 6.45) is 12.4. The second-order valence-corrected chi connectivity index (χ2v) is 6.47. The Hall–Kier alpha value is -1.06. The molecule has 0 aliphatic heterocycles. The van der Waals surface area contributed by atoms with Gasteiger partial charge in [0.15, 0.2) is 0 Å². The highest BCUT2D eigenvalue weighted by Gasteiger charge is 2.10. The van der Waals surface area contributed by atoms with Crippen molar-refractivity contribution in [1.29, 1.82) is 0 Å². The first-order valence-electron chi connectivity index (χ1n) is 9.47. The maximum Gasteiger partial charge on any atom is 0.305 e. The van der Waals surface area contributed by atoms with Gasteiger partial charge < -0.3 is 9.84 Å². The summed E-state index contributed by atoms with van der Waals surface area (Å²) in [5, 5.41) is 8.53. The molecule has 23 heavy (non-hydrogen) atoms. The summed E-state index contributed by atoms with van der Waals surface area (Å²) in [6, 6.07) is 0. The molecule has 0 aromatic rings. The van der Waals surface area contributed by atoms with Crippen LogP contribution in [0.3, 0.4) is 0 Å². The Labute approximate surface area is 142 Å². The van der Waals surface area contributed by atoms with E-state index in [4.69, 9.17) is 9.84 Å². The Bertz CT molecular complexity index is 294. The first kappa shape index (κ1) is 21.9. The van der Waals surface area contributed by atoms with E-state index in [0.717, 1.165) is 25.7 Å². The van der Waals surface area contributed by atoms with Gasteiger partial charge in [-0.15, -0.1) is 0 Å². The van der Waals surface area contributed by atoms with Crippen molar-refractivity contribution < 1.29 is 19.4 Å². The van der Waals surface area contributed by atoms with Gasteiger partial charge in [0.1, 0.15) is 0 Å². The van der Waals surface area contributed by atoms with Crippen molar-refractivity contribution in [1.82, 2.24) is 0 Å². The van der Waals surface area contributed by atoms with Gasteiger partial charge in [0.05, 0.1) is 6.61 Å². The average molecular weight is 328 g/mol. The van der Waals surface area contributed by atoms with Crippen LogP contribution < -0.4 is 0 Å². The maximum atomic E-state index is 11.7. The molecule has 0 atom stereocenters. The molecule has 0 bridgehead atoms.